The molecule has 2 N–H and O–H groups in total. The van der Waals surface area contributed by atoms with Crippen LogP contribution >= 0.6 is 0 Å². The van der Waals surface area contributed by atoms with E-state index in [4.69, 9.17) is 9.47 Å². The van der Waals surface area contributed by atoms with Crippen LogP contribution in [0.3, 0.4) is 0 Å². The van der Waals surface area contributed by atoms with Gasteiger partial charge in [0.1, 0.15) is 0 Å². The molecule has 0 aliphatic carbocycles. The first-order valence-corrected chi connectivity index (χ1v) is 5.68. The summed E-state index contributed by atoms with van der Waals surface area (Å²) in [6.45, 7) is 4.84. The van der Waals surface area contributed by atoms with Crippen molar-refractivity contribution in [1.82, 2.24) is 15.2 Å². The third-order valence-corrected chi connectivity index (χ3v) is 2.69. The van der Waals surface area contributed by atoms with Crippen LogP contribution in [0.5, 0.6) is 6.01 Å². The first kappa shape index (κ1) is 11.8. The van der Waals surface area contributed by atoms with Gasteiger partial charge in [-0.15, -0.1) is 5.10 Å². The number of ether oxygens (including phenoxy) is 2. The highest BCUT2D eigenvalue weighted by Crippen LogP contribution is 2.21. The summed E-state index contributed by atoms with van der Waals surface area (Å²) >= 11 is 0. The summed E-state index contributed by atoms with van der Waals surface area (Å²) in [5.41, 5.74) is 0. The van der Waals surface area contributed by atoms with E-state index in [-0.39, 0.29) is 23.9 Å². The summed E-state index contributed by atoms with van der Waals surface area (Å²) in [4.78, 5) is 15.8. The number of hydrogen-bond acceptors (Lipinski definition) is 5. The highest BCUT2D eigenvalue weighted by molar-refractivity contribution is 5.91. The van der Waals surface area contributed by atoms with Crippen molar-refractivity contribution in [1.29, 1.82) is 0 Å². The van der Waals surface area contributed by atoms with E-state index < -0.39 is 0 Å². The number of nitrogens with one attached hydrogen (secondary N) is 2. The molecule has 1 amide bonds. The van der Waals surface area contributed by atoms with E-state index in [2.05, 4.69) is 20.5 Å². The lowest BCUT2D eigenvalue weighted by Gasteiger charge is -2.12. The monoisotopic (exact) mass is 240 g/mol. The first-order chi connectivity index (χ1) is 8.20. The van der Waals surface area contributed by atoms with Gasteiger partial charge in [-0.2, -0.15) is 4.98 Å². The van der Waals surface area contributed by atoms with E-state index in [1.54, 1.807) is 0 Å². The van der Waals surface area contributed by atoms with Crippen molar-refractivity contribution in [3.63, 3.8) is 0 Å². The number of carbonyl (C=O) groups is 1. The molecule has 1 fully saturated rings. The Morgan fingerprint density at radius 2 is 2.53 bits per heavy atom. The molecule has 7 nitrogen and oxygen atoms in total. The van der Waals surface area contributed by atoms with Crippen molar-refractivity contribution >= 4 is 11.9 Å². The standard InChI is InChI=1S/C10H16N4O3/c1-3-16-10-12-9(13-14-10)11-8(15)7-4-5-17-6(7)2/h6-7H,3-5H2,1-2H3,(H2,11,12,13,14,15). The van der Waals surface area contributed by atoms with Gasteiger partial charge in [-0.05, 0) is 20.3 Å². The van der Waals surface area contributed by atoms with Gasteiger partial charge >= 0.3 is 6.01 Å². The zero-order valence-electron chi connectivity index (χ0n) is 9.90. The summed E-state index contributed by atoms with van der Waals surface area (Å²) in [6.07, 6.45) is 0.684. The Hall–Kier alpha value is -1.63. The molecule has 2 atom stereocenters. The van der Waals surface area contributed by atoms with Crippen molar-refractivity contribution in [2.24, 2.45) is 5.92 Å². The largest absolute Gasteiger partial charge is 0.463 e. The quantitative estimate of drug-likeness (QED) is 0.803. The SMILES string of the molecule is CCOc1n[nH]c(NC(=O)C2CCOC2C)n1. The molecule has 1 aromatic rings. The molecule has 0 spiro atoms. The van der Waals surface area contributed by atoms with Crippen LogP contribution in [0.4, 0.5) is 5.95 Å². The maximum Gasteiger partial charge on any atom is 0.337 e. The Bertz CT molecular complexity index is 393. The van der Waals surface area contributed by atoms with Crippen LogP contribution in [0.25, 0.3) is 0 Å². The Kier molecular flexibility index (Phi) is 3.58. The van der Waals surface area contributed by atoms with Crippen molar-refractivity contribution in [2.75, 3.05) is 18.5 Å². The van der Waals surface area contributed by atoms with Gasteiger partial charge in [-0.3, -0.25) is 10.1 Å². The smallest absolute Gasteiger partial charge is 0.337 e. The molecular weight excluding hydrogens is 224 g/mol. The van der Waals surface area contributed by atoms with Crippen molar-refractivity contribution in [3.8, 4) is 6.01 Å². The lowest BCUT2D eigenvalue weighted by molar-refractivity contribution is -0.121. The topological polar surface area (TPSA) is 89.1 Å². The predicted molar refractivity (Wildman–Crippen MR) is 59.7 cm³/mol. The lowest BCUT2D eigenvalue weighted by Crippen LogP contribution is -2.28. The van der Waals surface area contributed by atoms with Crippen molar-refractivity contribution in [3.05, 3.63) is 0 Å². The summed E-state index contributed by atoms with van der Waals surface area (Å²) in [7, 11) is 0. The maximum absolute atomic E-state index is 11.9. The Morgan fingerprint density at radius 3 is 3.18 bits per heavy atom. The molecule has 1 aromatic heterocycles. The average Bonchev–Trinajstić information content (AvgIpc) is 2.88. The zero-order chi connectivity index (χ0) is 12.3. The normalized spacial score (nSPS) is 23.6. The molecular formula is C10H16N4O3. The van der Waals surface area contributed by atoms with Gasteiger partial charge in [0, 0.05) is 6.61 Å². The first-order valence-electron chi connectivity index (χ1n) is 5.68. The van der Waals surface area contributed by atoms with Crippen molar-refractivity contribution in [2.45, 2.75) is 26.4 Å². The molecule has 0 saturated carbocycles. The summed E-state index contributed by atoms with van der Waals surface area (Å²) in [6, 6.07) is 0.235. The van der Waals surface area contributed by atoms with Crippen molar-refractivity contribution < 1.29 is 14.3 Å². The summed E-state index contributed by atoms with van der Waals surface area (Å²) in [5, 5.41) is 9.07. The van der Waals surface area contributed by atoms with E-state index in [9.17, 15) is 4.79 Å². The lowest BCUT2D eigenvalue weighted by atomic mass is 10.0. The Balaban J connectivity index is 1.93. The van der Waals surface area contributed by atoms with Crippen LogP contribution in [0.2, 0.25) is 0 Å². The average molecular weight is 240 g/mol. The van der Waals surface area contributed by atoms with Crippen LogP contribution in [0.1, 0.15) is 20.3 Å². The van der Waals surface area contributed by atoms with Crippen LogP contribution in [0.15, 0.2) is 0 Å². The fraction of sp³-hybridized carbons (Fsp3) is 0.700. The second-order valence-corrected chi connectivity index (χ2v) is 3.86. The van der Waals surface area contributed by atoms with Gasteiger partial charge in [0.05, 0.1) is 18.6 Å². The Labute approximate surface area is 98.9 Å². The molecule has 0 bridgehead atoms. The fourth-order valence-corrected chi connectivity index (χ4v) is 1.78. The van der Waals surface area contributed by atoms with Gasteiger partial charge in [0.25, 0.3) is 0 Å². The van der Waals surface area contributed by atoms with Gasteiger partial charge in [0.2, 0.25) is 11.9 Å². The number of H-pyrrole nitrogens is 1. The molecule has 2 unspecified atom stereocenters. The van der Waals surface area contributed by atoms with E-state index in [1.165, 1.54) is 0 Å². The van der Waals surface area contributed by atoms with Gasteiger partial charge < -0.3 is 9.47 Å². The second-order valence-electron chi connectivity index (χ2n) is 3.86. The zero-order valence-corrected chi connectivity index (χ0v) is 9.90. The number of carbonyl (C=O) groups excluding carboxylic acids is 1. The Morgan fingerprint density at radius 1 is 1.71 bits per heavy atom. The molecule has 94 valence electrons. The molecule has 7 heteroatoms. The van der Waals surface area contributed by atoms with Crippen LogP contribution in [0, 0.1) is 5.92 Å². The third kappa shape index (κ3) is 2.73. The van der Waals surface area contributed by atoms with E-state index in [0.29, 0.717) is 19.2 Å². The molecule has 1 aliphatic heterocycles. The highest BCUT2D eigenvalue weighted by Gasteiger charge is 2.31. The minimum Gasteiger partial charge on any atom is -0.463 e. The fourth-order valence-electron chi connectivity index (χ4n) is 1.78. The number of amides is 1. The van der Waals surface area contributed by atoms with Gasteiger partial charge in [-0.25, -0.2) is 5.10 Å². The highest BCUT2D eigenvalue weighted by atomic mass is 16.5. The molecule has 17 heavy (non-hydrogen) atoms. The number of rotatable bonds is 4. The number of nitrogens with zero attached hydrogens (tertiary/aromatic N) is 2. The molecule has 1 aliphatic rings. The maximum atomic E-state index is 11.9. The van der Waals surface area contributed by atoms with E-state index >= 15 is 0 Å². The number of hydrogen-bond donors (Lipinski definition) is 2. The number of aromatic amines is 1. The summed E-state index contributed by atoms with van der Waals surface area (Å²) in [5.74, 6) is 0.0717. The van der Waals surface area contributed by atoms with Gasteiger partial charge in [-0.1, -0.05) is 0 Å². The third-order valence-electron chi connectivity index (χ3n) is 2.69. The number of aromatic nitrogens is 3. The number of anilines is 1. The molecule has 1 saturated heterocycles. The predicted octanol–water partition coefficient (Wildman–Crippen LogP) is 0.567. The molecule has 0 aromatic carbocycles. The molecule has 2 heterocycles. The van der Waals surface area contributed by atoms with Crippen LogP contribution < -0.4 is 10.1 Å². The second kappa shape index (κ2) is 5.13. The molecule has 2 rings (SSSR count). The van der Waals surface area contributed by atoms with Crippen LogP contribution in [-0.4, -0.2) is 40.4 Å². The van der Waals surface area contributed by atoms with Crippen LogP contribution in [-0.2, 0) is 9.53 Å². The molecule has 0 radical (unpaired) electrons. The van der Waals surface area contributed by atoms with E-state index in [0.717, 1.165) is 6.42 Å². The summed E-state index contributed by atoms with van der Waals surface area (Å²) < 4.78 is 10.4. The minimum absolute atomic E-state index is 0.0516. The minimum atomic E-state index is -0.129. The van der Waals surface area contributed by atoms with Gasteiger partial charge in [0.15, 0.2) is 0 Å². The van der Waals surface area contributed by atoms with E-state index in [1.807, 2.05) is 13.8 Å².